The van der Waals surface area contributed by atoms with E-state index in [1.165, 1.54) is 0 Å². The van der Waals surface area contributed by atoms with E-state index in [-0.39, 0.29) is 6.04 Å². The number of hydrogen-bond acceptors (Lipinski definition) is 1. The van der Waals surface area contributed by atoms with Crippen molar-refractivity contribution in [1.82, 2.24) is 5.32 Å². The molecule has 1 aliphatic rings. The molecular weight excluding hydrogens is 117 g/mol. The van der Waals surface area contributed by atoms with Gasteiger partial charge in [0.2, 0.25) is 0 Å². The maximum absolute atomic E-state index is 12.7. The molecule has 0 aromatic heterocycles. The second kappa shape index (κ2) is 2.97. The van der Waals surface area contributed by atoms with E-state index in [9.17, 15) is 4.39 Å². The quantitative estimate of drug-likeness (QED) is 0.525. The molecule has 2 atom stereocenters. The number of halogens is 1. The van der Waals surface area contributed by atoms with Crippen molar-refractivity contribution < 1.29 is 4.39 Å². The standard InChI is InChI=1S/C7H12FN/c1-2-7-6(8)4-3-5-9-7/h3-4,6-7,9H,2,5H2,1H3. The molecule has 0 radical (unpaired) electrons. The molecule has 9 heavy (non-hydrogen) atoms. The predicted octanol–water partition coefficient (Wildman–Crippen LogP) is 1.26. The van der Waals surface area contributed by atoms with E-state index in [0.717, 1.165) is 13.0 Å². The lowest BCUT2D eigenvalue weighted by atomic mass is 10.1. The van der Waals surface area contributed by atoms with Gasteiger partial charge in [-0.3, -0.25) is 0 Å². The van der Waals surface area contributed by atoms with Crippen molar-refractivity contribution in [3.8, 4) is 0 Å². The summed E-state index contributed by atoms with van der Waals surface area (Å²) in [6.45, 7) is 2.81. The van der Waals surface area contributed by atoms with Gasteiger partial charge >= 0.3 is 0 Å². The number of rotatable bonds is 1. The van der Waals surface area contributed by atoms with Crippen molar-refractivity contribution in [2.24, 2.45) is 0 Å². The zero-order chi connectivity index (χ0) is 6.69. The summed E-state index contributed by atoms with van der Waals surface area (Å²) in [6, 6.07) is 0.0509. The van der Waals surface area contributed by atoms with Crippen LogP contribution in [0.4, 0.5) is 4.39 Å². The van der Waals surface area contributed by atoms with Gasteiger partial charge < -0.3 is 5.32 Å². The molecule has 0 spiro atoms. The first kappa shape index (κ1) is 6.75. The fourth-order valence-corrected chi connectivity index (χ4v) is 1.03. The second-order valence-corrected chi connectivity index (χ2v) is 2.30. The summed E-state index contributed by atoms with van der Waals surface area (Å²) in [4.78, 5) is 0. The van der Waals surface area contributed by atoms with Crippen molar-refractivity contribution in [3.63, 3.8) is 0 Å². The molecule has 1 rings (SSSR count). The van der Waals surface area contributed by atoms with Gasteiger partial charge in [0.25, 0.3) is 0 Å². The Bertz CT molecular complexity index is 111. The average molecular weight is 129 g/mol. The average Bonchev–Trinajstić information content (AvgIpc) is 1.89. The van der Waals surface area contributed by atoms with Crippen molar-refractivity contribution in [2.45, 2.75) is 25.6 Å². The van der Waals surface area contributed by atoms with Crippen LogP contribution in [0.2, 0.25) is 0 Å². The maximum Gasteiger partial charge on any atom is 0.134 e. The highest BCUT2D eigenvalue weighted by Crippen LogP contribution is 2.07. The highest BCUT2D eigenvalue weighted by molar-refractivity contribution is 5.01. The minimum Gasteiger partial charge on any atom is -0.307 e. The van der Waals surface area contributed by atoms with Crippen LogP contribution in [-0.4, -0.2) is 18.8 Å². The van der Waals surface area contributed by atoms with E-state index in [0.29, 0.717) is 0 Å². The first-order chi connectivity index (χ1) is 4.34. The maximum atomic E-state index is 12.7. The van der Waals surface area contributed by atoms with Gasteiger partial charge in [-0.25, -0.2) is 4.39 Å². The summed E-state index contributed by atoms with van der Waals surface area (Å²) in [5.41, 5.74) is 0. The van der Waals surface area contributed by atoms with Gasteiger partial charge in [-0.15, -0.1) is 0 Å². The Labute approximate surface area is 54.9 Å². The molecule has 1 N–H and O–H groups in total. The van der Waals surface area contributed by atoms with E-state index in [4.69, 9.17) is 0 Å². The van der Waals surface area contributed by atoms with E-state index in [1.807, 2.05) is 13.0 Å². The van der Waals surface area contributed by atoms with Crippen molar-refractivity contribution >= 4 is 0 Å². The summed E-state index contributed by atoms with van der Waals surface area (Å²) in [6.07, 6.45) is 3.55. The van der Waals surface area contributed by atoms with Gasteiger partial charge in [0.1, 0.15) is 6.17 Å². The Hall–Kier alpha value is -0.370. The highest BCUT2D eigenvalue weighted by atomic mass is 19.1. The zero-order valence-electron chi connectivity index (χ0n) is 5.60. The molecule has 0 amide bonds. The molecule has 0 aromatic carbocycles. The third-order valence-corrected chi connectivity index (χ3v) is 1.64. The normalized spacial score (nSPS) is 34.9. The lowest BCUT2D eigenvalue weighted by molar-refractivity contribution is 0.289. The SMILES string of the molecule is CCC1NCC=CC1F. The molecule has 0 aliphatic carbocycles. The van der Waals surface area contributed by atoms with E-state index < -0.39 is 6.17 Å². The first-order valence-corrected chi connectivity index (χ1v) is 3.38. The van der Waals surface area contributed by atoms with Gasteiger partial charge in [-0.05, 0) is 6.42 Å². The number of hydrogen-bond donors (Lipinski definition) is 1. The van der Waals surface area contributed by atoms with Crippen molar-refractivity contribution in [2.75, 3.05) is 6.54 Å². The number of nitrogens with one attached hydrogen (secondary N) is 1. The van der Waals surface area contributed by atoms with Crippen molar-refractivity contribution in [1.29, 1.82) is 0 Å². The molecule has 2 unspecified atom stereocenters. The van der Waals surface area contributed by atoms with Gasteiger partial charge in [0, 0.05) is 12.6 Å². The second-order valence-electron chi connectivity index (χ2n) is 2.30. The molecule has 0 fully saturated rings. The smallest absolute Gasteiger partial charge is 0.134 e. The van der Waals surface area contributed by atoms with Crippen molar-refractivity contribution in [3.05, 3.63) is 12.2 Å². The Kier molecular flexibility index (Phi) is 2.22. The van der Waals surface area contributed by atoms with Gasteiger partial charge in [-0.2, -0.15) is 0 Å². The Balaban J connectivity index is 2.44. The molecular formula is C7H12FN. The van der Waals surface area contributed by atoms with Gasteiger partial charge in [0.05, 0.1) is 0 Å². The van der Waals surface area contributed by atoms with Crippen LogP contribution in [0.25, 0.3) is 0 Å². The van der Waals surface area contributed by atoms with E-state index in [2.05, 4.69) is 5.32 Å². The highest BCUT2D eigenvalue weighted by Gasteiger charge is 2.17. The zero-order valence-corrected chi connectivity index (χ0v) is 5.60. The molecule has 52 valence electrons. The van der Waals surface area contributed by atoms with Crippen LogP contribution in [0.5, 0.6) is 0 Å². The lowest BCUT2D eigenvalue weighted by Crippen LogP contribution is -2.39. The fourth-order valence-electron chi connectivity index (χ4n) is 1.03. The molecule has 1 nitrogen and oxygen atoms in total. The van der Waals surface area contributed by atoms with E-state index in [1.54, 1.807) is 6.08 Å². The van der Waals surface area contributed by atoms with Crippen LogP contribution in [0, 0.1) is 0 Å². The third-order valence-electron chi connectivity index (χ3n) is 1.64. The Morgan fingerprint density at radius 1 is 1.78 bits per heavy atom. The lowest BCUT2D eigenvalue weighted by Gasteiger charge is -2.21. The third kappa shape index (κ3) is 1.52. The summed E-state index contributed by atoms with van der Waals surface area (Å²) >= 11 is 0. The van der Waals surface area contributed by atoms with Crippen LogP contribution < -0.4 is 5.32 Å². The summed E-state index contributed by atoms with van der Waals surface area (Å²) in [7, 11) is 0. The topological polar surface area (TPSA) is 12.0 Å². The van der Waals surface area contributed by atoms with Gasteiger partial charge in [0.15, 0.2) is 0 Å². The minimum absolute atomic E-state index is 0.0509. The molecule has 1 heterocycles. The summed E-state index contributed by atoms with van der Waals surface area (Å²) < 4.78 is 12.7. The van der Waals surface area contributed by atoms with E-state index >= 15 is 0 Å². The van der Waals surface area contributed by atoms with Crippen LogP contribution in [0.1, 0.15) is 13.3 Å². The molecule has 0 aromatic rings. The molecule has 0 bridgehead atoms. The Morgan fingerprint density at radius 3 is 3.00 bits per heavy atom. The van der Waals surface area contributed by atoms with Crippen LogP contribution in [-0.2, 0) is 0 Å². The molecule has 1 aliphatic heterocycles. The van der Waals surface area contributed by atoms with Gasteiger partial charge in [-0.1, -0.05) is 19.1 Å². The fraction of sp³-hybridized carbons (Fsp3) is 0.714. The molecule has 2 heteroatoms. The van der Waals surface area contributed by atoms with Crippen LogP contribution in [0.15, 0.2) is 12.2 Å². The summed E-state index contributed by atoms with van der Waals surface area (Å²) in [5.74, 6) is 0. The van der Waals surface area contributed by atoms with Crippen LogP contribution in [0.3, 0.4) is 0 Å². The Morgan fingerprint density at radius 2 is 2.56 bits per heavy atom. The molecule has 0 saturated carbocycles. The number of alkyl halides is 1. The monoisotopic (exact) mass is 129 g/mol. The molecule has 0 saturated heterocycles. The first-order valence-electron chi connectivity index (χ1n) is 3.38. The minimum atomic E-state index is -0.774. The summed E-state index contributed by atoms with van der Waals surface area (Å²) in [5, 5.41) is 3.06. The van der Waals surface area contributed by atoms with Crippen LogP contribution >= 0.6 is 0 Å². The predicted molar refractivity (Wildman–Crippen MR) is 36.1 cm³/mol. The largest absolute Gasteiger partial charge is 0.307 e.